The number of hydrogen-bond acceptors (Lipinski definition) is 3. The lowest BCUT2D eigenvalue weighted by molar-refractivity contribution is -0.131. The predicted molar refractivity (Wildman–Crippen MR) is 65.3 cm³/mol. The molecule has 90 valence electrons. The van der Waals surface area contributed by atoms with Crippen molar-refractivity contribution in [3.05, 3.63) is 24.4 Å². The minimum Gasteiger partial charge on any atom is -0.508 e. The molecule has 1 heterocycles. The Hall–Kier alpha value is -1.97. The van der Waals surface area contributed by atoms with Gasteiger partial charge in [0.2, 0.25) is 0 Å². The average Bonchev–Trinajstić information content (AvgIpc) is 2.59. The quantitative estimate of drug-likeness (QED) is 0.641. The number of esters is 1. The molecule has 0 atom stereocenters. The van der Waals surface area contributed by atoms with Crippen LogP contribution < -0.4 is 4.74 Å². The van der Waals surface area contributed by atoms with Crippen molar-refractivity contribution in [1.29, 1.82) is 0 Å². The molecule has 0 fully saturated rings. The summed E-state index contributed by atoms with van der Waals surface area (Å²) in [6.45, 7) is 5.44. The second kappa shape index (κ2) is 4.13. The van der Waals surface area contributed by atoms with Gasteiger partial charge in [-0.2, -0.15) is 0 Å². The van der Waals surface area contributed by atoms with Gasteiger partial charge in [-0.1, -0.05) is 0 Å². The van der Waals surface area contributed by atoms with Gasteiger partial charge in [0.1, 0.15) is 11.5 Å². The van der Waals surface area contributed by atoms with E-state index in [0.29, 0.717) is 5.75 Å². The van der Waals surface area contributed by atoms with Gasteiger partial charge in [-0.3, -0.25) is 4.79 Å². The second-order valence-electron chi connectivity index (χ2n) is 4.29. The first-order chi connectivity index (χ1) is 7.99. The van der Waals surface area contributed by atoms with Crippen molar-refractivity contribution in [3.8, 4) is 11.5 Å². The van der Waals surface area contributed by atoms with E-state index in [4.69, 9.17) is 4.74 Å². The third-order valence-electron chi connectivity index (χ3n) is 2.59. The molecule has 0 unspecified atom stereocenters. The fraction of sp³-hybridized carbons (Fsp3) is 0.308. The van der Waals surface area contributed by atoms with Gasteiger partial charge >= 0.3 is 5.97 Å². The molecule has 0 aliphatic carbocycles. The summed E-state index contributed by atoms with van der Waals surface area (Å²) in [5, 5.41) is 10.5. The lowest BCUT2D eigenvalue weighted by atomic mass is 10.2. The Bertz CT molecular complexity index is 569. The summed E-state index contributed by atoms with van der Waals surface area (Å²) in [5.74, 6) is 0.0930. The van der Waals surface area contributed by atoms with Crippen LogP contribution in [-0.4, -0.2) is 15.6 Å². The van der Waals surface area contributed by atoms with Crippen LogP contribution in [0.3, 0.4) is 0 Å². The van der Waals surface area contributed by atoms with Crippen LogP contribution in [0.1, 0.15) is 26.8 Å². The summed E-state index contributed by atoms with van der Waals surface area (Å²) in [7, 11) is 0. The van der Waals surface area contributed by atoms with Crippen molar-refractivity contribution in [2.24, 2.45) is 0 Å². The summed E-state index contributed by atoms with van der Waals surface area (Å²) >= 11 is 0. The fourth-order valence-electron chi connectivity index (χ4n) is 1.90. The third-order valence-corrected chi connectivity index (χ3v) is 2.59. The summed E-state index contributed by atoms with van der Waals surface area (Å²) in [5.41, 5.74) is 0.858. The maximum absolute atomic E-state index is 11.0. The smallest absolute Gasteiger partial charge is 0.308 e. The van der Waals surface area contributed by atoms with Crippen LogP contribution >= 0.6 is 0 Å². The maximum Gasteiger partial charge on any atom is 0.308 e. The van der Waals surface area contributed by atoms with Crippen molar-refractivity contribution in [3.63, 3.8) is 0 Å². The zero-order valence-electron chi connectivity index (χ0n) is 10.1. The lowest BCUT2D eigenvalue weighted by Gasteiger charge is -2.10. The van der Waals surface area contributed by atoms with E-state index in [9.17, 15) is 9.90 Å². The zero-order chi connectivity index (χ0) is 12.6. The number of phenols is 1. The Morgan fingerprint density at radius 2 is 2.12 bits per heavy atom. The molecule has 0 saturated heterocycles. The molecule has 1 aromatic carbocycles. The second-order valence-corrected chi connectivity index (χ2v) is 4.29. The van der Waals surface area contributed by atoms with Crippen molar-refractivity contribution in [2.75, 3.05) is 0 Å². The molecule has 0 amide bonds. The minimum atomic E-state index is -0.394. The van der Waals surface area contributed by atoms with Gasteiger partial charge in [0, 0.05) is 36.7 Å². The Labute approximate surface area is 99.4 Å². The largest absolute Gasteiger partial charge is 0.508 e. The summed E-state index contributed by atoms with van der Waals surface area (Å²) in [6.07, 6.45) is 1.92. The van der Waals surface area contributed by atoms with E-state index in [0.717, 1.165) is 10.9 Å². The van der Waals surface area contributed by atoms with Crippen LogP contribution in [0.2, 0.25) is 0 Å². The molecule has 2 rings (SSSR count). The number of aromatic nitrogens is 1. The Morgan fingerprint density at radius 3 is 2.71 bits per heavy atom. The normalized spacial score (nSPS) is 11.1. The van der Waals surface area contributed by atoms with Crippen molar-refractivity contribution in [1.82, 2.24) is 4.57 Å². The Morgan fingerprint density at radius 1 is 1.41 bits per heavy atom. The highest BCUT2D eigenvalue weighted by atomic mass is 16.5. The molecule has 1 N–H and O–H groups in total. The average molecular weight is 233 g/mol. The number of phenolic OH excluding ortho intramolecular Hbond substituents is 1. The van der Waals surface area contributed by atoms with Crippen LogP contribution in [0, 0.1) is 0 Å². The number of carbonyl (C=O) groups excluding carboxylic acids is 1. The maximum atomic E-state index is 11.0. The van der Waals surface area contributed by atoms with Gasteiger partial charge in [-0.15, -0.1) is 0 Å². The number of rotatable bonds is 2. The van der Waals surface area contributed by atoms with E-state index in [-0.39, 0.29) is 11.8 Å². The van der Waals surface area contributed by atoms with Crippen molar-refractivity contribution >= 4 is 16.9 Å². The first kappa shape index (κ1) is 11.5. The molecule has 0 saturated carbocycles. The Kier molecular flexibility index (Phi) is 2.79. The molecule has 0 radical (unpaired) electrons. The first-order valence-electron chi connectivity index (χ1n) is 5.51. The number of aromatic hydroxyl groups is 1. The Balaban J connectivity index is 2.65. The molecule has 4 nitrogen and oxygen atoms in total. The van der Waals surface area contributed by atoms with Crippen LogP contribution in [0.25, 0.3) is 10.9 Å². The van der Waals surface area contributed by atoms with Crippen LogP contribution in [-0.2, 0) is 4.79 Å². The number of ether oxygens (including phenoxy) is 1. The van der Waals surface area contributed by atoms with Crippen molar-refractivity contribution in [2.45, 2.75) is 26.8 Å². The van der Waals surface area contributed by atoms with E-state index in [2.05, 4.69) is 13.8 Å². The molecule has 0 bridgehead atoms. The summed E-state index contributed by atoms with van der Waals surface area (Å²) < 4.78 is 7.11. The molecule has 0 aliphatic rings. The van der Waals surface area contributed by atoms with E-state index in [1.165, 1.54) is 13.0 Å². The van der Waals surface area contributed by atoms with Gasteiger partial charge in [0.25, 0.3) is 0 Å². The molecule has 17 heavy (non-hydrogen) atoms. The first-order valence-corrected chi connectivity index (χ1v) is 5.51. The van der Waals surface area contributed by atoms with Gasteiger partial charge in [0.15, 0.2) is 0 Å². The molecule has 0 aliphatic heterocycles. The van der Waals surface area contributed by atoms with Crippen LogP contribution in [0.4, 0.5) is 0 Å². The van der Waals surface area contributed by atoms with E-state index >= 15 is 0 Å². The number of fused-ring (bicyclic) bond motifs is 1. The van der Waals surface area contributed by atoms with E-state index < -0.39 is 5.97 Å². The summed E-state index contributed by atoms with van der Waals surface area (Å²) in [4.78, 5) is 11.0. The van der Waals surface area contributed by atoms with Crippen molar-refractivity contribution < 1.29 is 14.6 Å². The number of nitrogens with zero attached hydrogens (tertiary/aromatic N) is 1. The van der Waals surface area contributed by atoms with E-state index in [1.54, 1.807) is 6.07 Å². The topological polar surface area (TPSA) is 51.5 Å². The molecule has 1 aromatic heterocycles. The number of benzene rings is 1. The van der Waals surface area contributed by atoms with E-state index in [1.807, 2.05) is 16.8 Å². The monoisotopic (exact) mass is 233 g/mol. The summed E-state index contributed by atoms with van der Waals surface area (Å²) in [6, 6.07) is 5.28. The molecular weight excluding hydrogens is 218 g/mol. The predicted octanol–water partition coefficient (Wildman–Crippen LogP) is 2.85. The fourth-order valence-corrected chi connectivity index (χ4v) is 1.90. The molecule has 0 spiro atoms. The van der Waals surface area contributed by atoms with Crippen LogP contribution in [0.5, 0.6) is 11.5 Å². The SMILES string of the molecule is CC(=O)Oc1cc(O)cc2c1ccn2C(C)C. The number of hydrogen-bond donors (Lipinski definition) is 1. The van der Waals surface area contributed by atoms with Gasteiger partial charge in [-0.25, -0.2) is 0 Å². The minimum absolute atomic E-state index is 0.0920. The van der Waals surface area contributed by atoms with Gasteiger partial charge < -0.3 is 14.4 Å². The van der Waals surface area contributed by atoms with Gasteiger partial charge in [-0.05, 0) is 19.9 Å². The third kappa shape index (κ3) is 2.11. The standard InChI is InChI=1S/C13H15NO3/c1-8(2)14-5-4-11-12(14)6-10(16)7-13(11)17-9(3)15/h4-8,16H,1-3H3. The molecule has 2 aromatic rings. The molecule has 4 heteroatoms. The molecular formula is C13H15NO3. The zero-order valence-corrected chi connectivity index (χ0v) is 10.1. The lowest BCUT2D eigenvalue weighted by Crippen LogP contribution is -2.02. The van der Waals surface area contributed by atoms with Crippen LogP contribution in [0.15, 0.2) is 24.4 Å². The highest BCUT2D eigenvalue weighted by Crippen LogP contribution is 2.33. The highest BCUT2D eigenvalue weighted by molar-refractivity contribution is 5.90. The van der Waals surface area contributed by atoms with Gasteiger partial charge in [0.05, 0.1) is 5.52 Å². The highest BCUT2D eigenvalue weighted by Gasteiger charge is 2.12. The number of carbonyl (C=O) groups is 1.